The summed E-state index contributed by atoms with van der Waals surface area (Å²) in [6.07, 6.45) is 5.73. The second-order valence-corrected chi connectivity index (χ2v) is 5.19. The van der Waals surface area contributed by atoms with E-state index in [4.69, 9.17) is 22.6 Å². The van der Waals surface area contributed by atoms with Crippen LogP contribution in [0.4, 0.5) is 10.2 Å². The number of hydrogen-bond donors (Lipinski definition) is 3. The molecule has 1 aromatic heterocycles. The highest BCUT2D eigenvalue weighted by Crippen LogP contribution is 2.62. The van der Waals surface area contributed by atoms with Crippen molar-refractivity contribution < 1.29 is 14.2 Å². The van der Waals surface area contributed by atoms with E-state index in [1.165, 1.54) is 0 Å². The van der Waals surface area contributed by atoms with Gasteiger partial charge in [0.05, 0.1) is 12.8 Å². The van der Waals surface area contributed by atoms with Crippen molar-refractivity contribution in [3.05, 3.63) is 22.5 Å². The summed E-state index contributed by atoms with van der Waals surface area (Å²) in [6.45, 7) is -0.269. The fraction of sp³-hybridized carbons (Fsp3) is 0.500. The molecule has 106 valence electrons. The van der Waals surface area contributed by atoms with Crippen LogP contribution >= 0.6 is 0 Å². The van der Waals surface area contributed by atoms with Gasteiger partial charge in [-0.3, -0.25) is 4.57 Å². The van der Waals surface area contributed by atoms with Crippen molar-refractivity contribution in [1.29, 1.82) is 0 Å². The highest BCUT2D eigenvalue weighted by Gasteiger charge is 2.73. The molecule has 1 aliphatic carbocycles. The molecule has 2 fully saturated rings. The molecule has 4 atom stereocenters. The molecule has 0 bridgehead atoms. The first-order valence-corrected chi connectivity index (χ1v) is 5.97. The van der Waals surface area contributed by atoms with Crippen molar-refractivity contribution >= 4 is 5.82 Å². The summed E-state index contributed by atoms with van der Waals surface area (Å²) in [5, 5.41) is 9.38. The average molecular weight is 280 g/mol. The van der Waals surface area contributed by atoms with Gasteiger partial charge in [0, 0.05) is 5.92 Å². The van der Waals surface area contributed by atoms with Crippen molar-refractivity contribution in [2.75, 3.05) is 12.3 Å². The van der Waals surface area contributed by atoms with Crippen LogP contribution in [0.2, 0.25) is 0 Å². The van der Waals surface area contributed by atoms with E-state index in [9.17, 15) is 14.3 Å². The minimum atomic E-state index is -1.31. The standard InChI is InChI=1S/C12H13FN4O3/c1-2-12(15)7-3-11(7,5-18)20-9(12)17-4-6(13)8(14)16-10(17)19/h1,4,7,9,18H,3,5,15H2,(H2,14,16,19)/t7?,9-,11?,12?/m1/s1. The molecule has 1 aromatic rings. The van der Waals surface area contributed by atoms with Gasteiger partial charge in [-0.25, -0.2) is 9.18 Å². The Morgan fingerprint density at radius 1 is 1.75 bits per heavy atom. The Hall–Kier alpha value is -1.95. The number of rotatable bonds is 2. The van der Waals surface area contributed by atoms with E-state index in [1.807, 2.05) is 0 Å². The zero-order chi connectivity index (χ0) is 14.7. The van der Waals surface area contributed by atoms with Crippen LogP contribution in [0.1, 0.15) is 12.6 Å². The molecule has 2 aliphatic rings. The van der Waals surface area contributed by atoms with Gasteiger partial charge in [0.25, 0.3) is 0 Å². The van der Waals surface area contributed by atoms with Crippen molar-refractivity contribution in [2.45, 2.75) is 23.8 Å². The number of hydrogen-bond acceptors (Lipinski definition) is 6. The first kappa shape index (κ1) is 13.1. The van der Waals surface area contributed by atoms with Gasteiger partial charge in [-0.15, -0.1) is 6.42 Å². The van der Waals surface area contributed by atoms with Crippen LogP contribution in [0.15, 0.2) is 11.0 Å². The summed E-state index contributed by atoms with van der Waals surface area (Å²) in [7, 11) is 0. The van der Waals surface area contributed by atoms with Gasteiger partial charge < -0.3 is 21.3 Å². The maximum Gasteiger partial charge on any atom is 0.351 e. The van der Waals surface area contributed by atoms with Gasteiger partial charge in [-0.05, 0) is 6.42 Å². The van der Waals surface area contributed by atoms with E-state index in [0.29, 0.717) is 6.42 Å². The molecule has 7 nitrogen and oxygen atoms in total. The number of aliphatic hydroxyl groups is 1. The zero-order valence-electron chi connectivity index (χ0n) is 10.4. The Balaban J connectivity index is 2.10. The lowest BCUT2D eigenvalue weighted by Crippen LogP contribution is -2.49. The molecule has 0 amide bonds. The lowest BCUT2D eigenvalue weighted by Gasteiger charge is -2.29. The van der Waals surface area contributed by atoms with Crippen LogP contribution in [0.5, 0.6) is 0 Å². The third-order valence-corrected chi connectivity index (χ3v) is 4.06. The van der Waals surface area contributed by atoms with E-state index in [0.717, 1.165) is 10.8 Å². The quantitative estimate of drug-likeness (QED) is 0.572. The molecule has 3 unspecified atom stereocenters. The average Bonchev–Trinajstić information content (AvgIpc) is 3.10. The van der Waals surface area contributed by atoms with E-state index in [1.54, 1.807) is 0 Å². The summed E-state index contributed by atoms with van der Waals surface area (Å²) in [5.74, 6) is 0.738. The van der Waals surface area contributed by atoms with Gasteiger partial charge in [0.15, 0.2) is 17.9 Å². The van der Waals surface area contributed by atoms with Crippen LogP contribution in [0.25, 0.3) is 0 Å². The SMILES string of the molecule is C#CC1(N)C2CC2(CO)O[C@H]1n1cc(F)c(N)nc1=O. The summed E-state index contributed by atoms with van der Waals surface area (Å²) >= 11 is 0. The summed E-state index contributed by atoms with van der Waals surface area (Å²) < 4.78 is 20.0. The Bertz CT molecular complexity index is 684. The molecule has 1 aliphatic heterocycles. The Morgan fingerprint density at radius 3 is 3.05 bits per heavy atom. The molecule has 1 saturated carbocycles. The Morgan fingerprint density at radius 2 is 2.45 bits per heavy atom. The van der Waals surface area contributed by atoms with Gasteiger partial charge in [0.1, 0.15) is 11.1 Å². The second-order valence-electron chi connectivity index (χ2n) is 5.19. The topological polar surface area (TPSA) is 116 Å². The van der Waals surface area contributed by atoms with E-state index in [2.05, 4.69) is 10.9 Å². The summed E-state index contributed by atoms with van der Waals surface area (Å²) in [4.78, 5) is 15.2. The predicted molar refractivity (Wildman–Crippen MR) is 66.7 cm³/mol. The lowest BCUT2D eigenvalue weighted by atomic mass is 9.93. The normalized spacial score (nSPS) is 38.3. The predicted octanol–water partition coefficient (Wildman–Crippen LogP) is -1.42. The van der Waals surface area contributed by atoms with Crippen molar-refractivity contribution in [2.24, 2.45) is 11.7 Å². The van der Waals surface area contributed by atoms with Gasteiger partial charge >= 0.3 is 5.69 Å². The molecule has 3 rings (SSSR count). The lowest BCUT2D eigenvalue weighted by molar-refractivity contribution is -0.0732. The van der Waals surface area contributed by atoms with E-state index >= 15 is 0 Å². The fourth-order valence-electron chi connectivity index (χ4n) is 2.81. The number of nitrogens with two attached hydrogens (primary N) is 2. The second kappa shape index (κ2) is 3.79. The van der Waals surface area contributed by atoms with Gasteiger partial charge in [0.2, 0.25) is 0 Å². The molecule has 0 spiro atoms. The number of ether oxygens (including phenoxy) is 1. The number of anilines is 1. The van der Waals surface area contributed by atoms with Crippen molar-refractivity contribution in [1.82, 2.24) is 9.55 Å². The first-order valence-electron chi connectivity index (χ1n) is 5.97. The molecular weight excluding hydrogens is 267 g/mol. The van der Waals surface area contributed by atoms with Gasteiger partial charge in [-0.2, -0.15) is 4.98 Å². The molecule has 8 heteroatoms. The number of nitrogens with zero attached hydrogens (tertiary/aromatic N) is 2. The number of fused-ring (bicyclic) bond motifs is 1. The minimum absolute atomic E-state index is 0.269. The van der Waals surface area contributed by atoms with Crippen molar-refractivity contribution in [3.8, 4) is 12.3 Å². The number of aromatic nitrogens is 2. The van der Waals surface area contributed by atoms with Crippen LogP contribution in [-0.2, 0) is 4.74 Å². The Kier molecular flexibility index (Phi) is 2.47. The summed E-state index contributed by atoms with van der Waals surface area (Å²) in [6, 6.07) is 0. The van der Waals surface area contributed by atoms with Crippen LogP contribution in [-0.4, -0.2) is 32.4 Å². The molecular formula is C12H13FN4O3. The highest BCUT2D eigenvalue weighted by atomic mass is 19.1. The maximum absolute atomic E-state index is 13.5. The monoisotopic (exact) mass is 280 g/mol. The fourth-order valence-corrected chi connectivity index (χ4v) is 2.81. The van der Waals surface area contributed by atoms with Gasteiger partial charge in [-0.1, -0.05) is 5.92 Å². The number of aliphatic hydroxyl groups excluding tert-OH is 1. The van der Waals surface area contributed by atoms with Crippen LogP contribution < -0.4 is 17.2 Å². The molecule has 20 heavy (non-hydrogen) atoms. The third kappa shape index (κ3) is 1.45. The maximum atomic E-state index is 13.5. The zero-order valence-corrected chi connectivity index (χ0v) is 10.4. The van der Waals surface area contributed by atoms with E-state index in [-0.39, 0.29) is 12.5 Å². The Labute approximate surface area is 113 Å². The number of nitrogen functional groups attached to an aromatic ring is 1. The molecule has 1 saturated heterocycles. The molecule has 0 aromatic carbocycles. The number of halogens is 1. The molecule has 2 heterocycles. The molecule has 0 radical (unpaired) electrons. The highest BCUT2D eigenvalue weighted by molar-refractivity contribution is 5.33. The molecule has 5 N–H and O–H groups in total. The smallest absolute Gasteiger partial charge is 0.351 e. The third-order valence-electron chi connectivity index (χ3n) is 4.06. The largest absolute Gasteiger partial charge is 0.393 e. The number of terminal acetylenes is 1. The van der Waals surface area contributed by atoms with Crippen LogP contribution in [0, 0.1) is 24.1 Å². The van der Waals surface area contributed by atoms with Crippen molar-refractivity contribution in [3.63, 3.8) is 0 Å². The first-order chi connectivity index (χ1) is 9.38. The van der Waals surface area contributed by atoms with E-state index < -0.39 is 34.7 Å². The summed E-state index contributed by atoms with van der Waals surface area (Å²) in [5.41, 5.74) is 8.37. The van der Waals surface area contributed by atoms with Crippen LogP contribution in [0.3, 0.4) is 0 Å². The minimum Gasteiger partial charge on any atom is -0.393 e.